The quantitative estimate of drug-likeness (QED) is 0.679. The molecular weight excluding hydrogens is 316 g/mol. The van der Waals surface area contributed by atoms with Gasteiger partial charge in [-0.25, -0.2) is 0 Å². The van der Waals surface area contributed by atoms with Crippen LogP contribution in [0.4, 0.5) is 0 Å². The fourth-order valence-corrected chi connectivity index (χ4v) is 7.01. The number of esters is 1. The minimum absolute atomic E-state index is 0.0261. The van der Waals surface area contributed by atoms with E-state index in [0.717, 1.165) is 38.5 Å². The van der Waals surface area contributed by atoms with E-state index in [1.165, 1.54) is 6.92 Å². The summed E-state index contributed by atoms with van der Waals surface area (Å²) in [5, 5.41) is 0. The molecule has 138 valence electrons. The number of Topliss-reactive ketones (excluding diaryl/α,β-unsaturated/α-hetero) is 2. The molecule has 4 aliphatic carbocycles. The van der Waals surface area contributed by atoms with E-state index in [1.54, 1.807) is 0 Å². The van der Waals surface area contributed by atoms with Gasteiger partial charge < -0.3 is 4.74 Å². The van der Waals surface area contributed by atoms with E-state index in [2.05, 4.69) is 13.8 Å². The van der Waals surface area contributed by atoms with E-state index < -0.39 is 0 Å². The van der Waals surface area contributed by atoms with Gasteiger partial charge in [0.1, 0.15) is 17.7 Å². The predicted molar refractivity (Wildman–Crippen MR) is 92.7 cm³/mol. The number of rotatable bonds is 1. The summed E-state index contributed by atoms with van der Waals surface area (Å²) in [6, 6.07) is 0. The van der Waals surface area contributed by atoms with E-state index >= 15 is 0 Å². The van der Waals surface area contributed by atoms with Crippen LogP contribution < -0.4 is 0 Å². The molecule has 0 amide bonds. The molecule has 25 heavy (non-hydrogen) atoms. The van der Waals surface area contributed by atoms with Gasteiger partial charge in [0.2, 0.25) is 0 Å². The number of hydrogen-bond donors (Lipinski definition) is 0. The molecule has 0 bridgehead atoms. The third kappa shape index (κ3) is 2.43. The summed E-state index contributed by atoms with van der Waals surface area (Å²) in [4.78, 5) is 36.9. The average Bonchev–Trinajstić information content (AvgIpc) is 2.84. The van der Waals surface area contributed by atoms with Gasteiger partial charge in [0.15, 0.2) is 0 Å². The molecule has 0 aromatic rings. The maximum absolute atomic E-state index is 13.1. The average molecular weight is 346 g/mol. The number of ether oxygens (including phenoxy) is 1. The van der Waals surface area contributed by atoms with Gasteiger partial charge in [0, 0.05) is 31.1 Å². The summed E-state index contributed by atoms with van der Waals surface area (Å²) in [5.41, 5.74) is -0.100. The SMILES string of the molecule is CC(=O)O[C@@H]1CC[C@]2(C)[C@H](CC(=O)[C@@H]3[C@H]2CC[C@@]2(C)C(=O)CC[C@H]32)C1. The van der Waals surface area contributed by atoms with Gasteiger partial charge in [-0.05, 0) is 61.7 Å². The van der Waals surface area contributed by atoms with E-state index in [-0.39, 0.29) is 34.7 Å². The third-order valence-corrected chi connectivity index (χ3v) is 8.46. The lowest BCUT2D eigenvalue weighted by Gasteiger charge is -2.59. The molecule has 4 nitrogen and oxygen atoms in total. The van der Waals surface area contributed by atoms with E-state index in [9.17, 15) is 14.4 Å². The molecule has 0 N–H and O–H groups in total. The number of fused-ring (bicyclic) bond motifs is 5. The van der Waals surface area contributed by atoms with Crippen molar-refractivity contribution < 1.29 is 19.1 Å². The zero-order valence-electron chi connectivity index (χ0n) is 15.7. The standard InChI is InChI=1S/C21H30O4/c1-12(22)25-14-6-8-20(2)13(10-14)11-17(23)19-15-4-5-18(24)21(15,3)9-7-16(19)20/h13-16,19H,4-11H2,1-3H3/t13-,14+,15+,16+,19-,20+,21+/m0/s1. The zero-order valence-corrected chi connectivity index (χ0v) is 15.7. The molecule has 0 aromatic heterocycles. The summed E-state index contributed by atoms with van der Waals surface area (Å²) in [6.07, 6.45) is 6.85. The van der Waals surface area contributed by atoms with Crippen LogP contribution >= 0.6 is 0 Å². The first kappa shape index (κ1) is 17.2. The fourth-order valence-electron chi connectivity index (χ4n) is 7.01. The number of ketones is 2. The summed E-state index contributed by atoms with van der Waals surface area (Å²) in [7, 11) is 0. The lowest BCUT2D eigenvalue weighted by molar-refractivity contribution is -0.166. The molecule has 0 spiro atoms. The van der Waals surface area contributed by atoms with Crippen LogP contribution in [0.2, 0.25) is 0 Å². The third-order valence-electron chi connectivity index (χ3n) is 8.46. The molecule has 4 aliphatic rings. The Kier molecular flexibility index (Phi) is 3.90. The molecule has 0 aromatic carbocycles. The van der Waals surface area contributed by atoms with Crippen LogP contribution in [-0.2, 0) is 19.1 Å². The summed E-state index contributed by atoms with van der Waals surface area (Å²) in [6.45, 7) is 5.95. The highest BCUT2D eigenvalue weighted by atomic mass is 16.5. The largest absolute Gasteiger partial charge is 0.463 e. The molecule has 0 saturated heterocycles. The van der Waals surface area contributed by atoms with Crippen molar-refractivity contribution in [1.82, 2.24) is 0 Å². The molecule has 4 heteroatoms. The van der Waals surface area contributed by atoms with E-state index in [4.69, 9.17) is 4.74 Å². The Balaban J connectivity index is 1.60. The molecule has 4 rings (SSSR count). The van der Waals surface area contributed by atoms with Gasteiger partial charge in [0.25, 0.3) is 0 Å². The van der Waals surface area contributed by atoms with E-state index in [1.807, 2.05) is 0 Å². The first-order chi connectivity index (χ1) is 11.8. The number of carbonyl (C=O) groups is 3. The summed E-state index contributed by atoms with van der Waals surface area (Å²) < 4.78 is 5.46. The topological polar surface area (TPSA) is 60.4 Å². The van der Waals surface area contributed by atoms with Crippen molar-refractivity contribution in [1.29, 1.82) is 0 Å². The first-order valence-electron chi connectivity index (χ1n) is 9.99. The van der Waals surface area contributed by atoms with Crippen molar-refractivity contribution in [2.45, 2.75) is 78.2 Å². The van der Waals surface area contributed by atoms with Crippen molar-refractivity contribution >= 4 is 17.5 Å². The number of hydrogen-bond acceptors (Lipinski definition) is 4. The maximum atomic E-state index is 13.1. The van der Waals surface area contributed by atoms with Crippen molar-refractivity contribution in [3.05, 3.63) is 0 Å². The summed E-state index contributed by atoms with van der Waals surface area (Å²) >= 11 is 0. The Bertz CT molecular complexity index is 625. The zero-order chi connectivity index (χ0) is 18.0. The molecule has 4 fully saturated rings. The second-order valence-electron chi connectivity index (χ2n) is 9.54. The lowest BCUT2D eigenvalue weighted by Crippen LogP contribution is -2.57. The van der Waals surface area contributed by atoms with Crippen molar-refractivity contribution in [2.75, 3.05) is 0 Å². The highest BCUT2D eigenvalue weighted by Crippen LogP contribution is 2.64. The van der Waals surface area contributed by atoms with Gasteiger partial charge in [0.05, 0.1) is 0 Å². The molecular formula is C21H30O4. The minimum atomic E-state index is -0.255. The van der Waals surface area contributed by atoms with Gasteiger partial charge in [-0.3, -0.25) is 14.4 Å². The van der Waals surface area contributed by atoms with Crippen molar-refractivity contribution in [3.63, 3.8) is 0 Å². The van der Waals surface area contributed by atoms with Gasteiger partial charge in [-0.15, -0.1) is 0 Å². The second-order valence-corrected chi connectivity index (χ2v) is 9.54. The van der Waals surface area contributed by atoms with Gasteiger partial charge in [-0.2, -0.15) is 0 Å². The normalized spacial score (nSPS) is 49.2. The molecule has 7 atom stereocenters. The molecule has 4 saturated carbocycles. The second kappa shape index (κ2) is 5.65. The maximum Gasteiger partial charge on any atom is 0.302 e. The van der Waals surface area contributed by atoms with Crippen LogP contribution in [0.5, 0.6) is 0 Å². The molecule has 0 radical (unpaired) electrons. The minimum Gasteiger partial charge on any atom is -0.463 e. The van der Waals surface area contributed by atoms with Crippen LogP contribution in [0.3, 0.4) is 0 Å². The fraction of sp³-hybridized carbons (Fsp3) is 0.857. The van der Waals surface area contributed by atoms with Gasteiger partial charge in [-0.1, -0.05) is 13.8 Å². The Hall–Kier alpha value is -1.19. The highest BCUT2D eigenvalue weighted by Gasteiger charge is 2.62. The Morgan fingerprint density at radius 2 is 1.84 bits per heavy atom. The number of carbonyl (C=O) groups excluding carboxylic acids is 3. The Morgan fingerprint density at radius 1 is 1.08 bits per heavy atom. The molecule has 0 unspecified atom stereocenters. The van der Waals surface area contributed by atoms with Crippen molar-refractivity contribution in [2.24, 2.45) is 34.5 Å². The lowest BCUT2D eigenvalue weighted by atomic mass is 9.45. The summed E-state index contributed by atoms with van der Waals surface area (Å²) in [5.74, 6) is 1.61. The van der Waals surface area contributed by atoms with Gasteiger partial charge >= 0.3 is 5.97 Å². The Morgan fingerprint density at radius 3 is 2.56 bits per heavy atom. The van der Waals surface area contributed by atoms with Crippen LogP contribution in [0.15, 0.2) is 0 Å². The van der Waals surface area contributed by atoms with E-state index in [0.29, 0.717) is 36.2 Å². The monoisotopic (exact) mass is 346 g/mol. The molecule has 0 aliphatic heterocycles. The smallest absolute Gasteiger partial charge is 0.302 e. The van der Waals surface area contributed by atoms with Crippen LogP contribution in [0, 0.1) is 34.5 Å². The van der Waals surface area contributed by atoms with Crippen molar-refractivity contribution in [3.8, 4) is 0 Å². The Labute approximate surface area is 150 Å². The highest BCUT2D eigenvalue weighted by molar-refractivity contribution is 5.90. The van der Waals surface area contributed by atoms with Crippen LogP contribution in [0.1, 0.15) is 72.1 Å². The van der Waals surface area contributed by atoms with Crippen LogP contribution in [0.25, 0.3) is 0 Å². The predicted octanol–water partition coefficient (Wildman–Crippen LogP) is 3.71. The first-order valence-corrected chi connectivity index (χ1v) is 9.99. The van der Waals surface area contributed by atoms with Crippen LogP contribution in [-0.4, -0.2) is 23.6 Å². The molecule has 0 heterocycles.